The maximum atomic E-state index is 13.9. The van der Waals surface area contributed by atoms with Crippen LogP contribution in [0.3, 0.4) is 0 Å². The fraction of sp³-hybridized carbons (Fsp3) is 0.0909. The SMILES string of the molecule is O=C(CC(NC(=O)c1ccccc1)c1ccccc1)Nc1cc(Cl)ccc1F. The number of hydrogen-bond acceptors (Lipinski definition) is 2. The molecule has 0 aliphatic heterocycles. The quantitative estimate of drug-likeness (QED) is 0.617. The molecule has 0 bridgehead atoms. The van der Waals surface area contributed by atoms with Crippen molar-refractivity contribution in [2.75, 3.05) is 5.32 Å². The Morgan fingerprint density at radius 2 is 1.57 bits per heavy atom. The van der Waals surface area contributed by atoms with Gasteiger partial charge in [-0.1, -0.05) is 60.1 Å². The third-order valence-corrected chi connectivity index (χ3v) is 4.37. The molecule has 3 aromatic rings. The lowest BCUT2D eigenvalue weighted by atomic mass is 10.0. The average Bonchev–Trinajstić information content (AvgIpc) is 2.71. The van der Waals surface area contributed by atoms with E-state index in [2.05, 4.69) is 10.6 Å². The molecule has 0 spiro atoms. The van der Waals surface area contributed by atoms with Gasteiger partial charge in [0.15, 0.2) is 0 Å². The molecule has 1 unspecified atom stereocenters. The van der Waals surface area contributed by atoms with Gasteiger partial charge in [-0.3, -0.25) is 9.59 Å². The lowest BCUT2D eigenvalue weighted by molar-refractivity contribution is -0.116. The monoisotopic (exact) mass is 396 g/mol. The molecule has 3 aromatic carbocycles. The molecule has 0 radical (unpaired) electrons. The number of benzene rings is 3. The summed E-state index contributed by atoms with van der Waals surface area (Å²) in [5.74, 6) is -1.32. The van der Waals surface area contributed by atoms with Crippen molar-refractivity contribution < 1.29 is 14.0 Å². The van der Waals surface area contributed by atoms with Crippen LogP contribution in [0.5, 0.6) is 0 Å². The van der Waals surface area contributed by atoms with Crippen molar-refractivity contribution in [3.8, 4) is 0 Å². The molecule has 28 heavy (non-hydrogen) atoms. The Morgan fingerprint density at radius 3 is 2.25 bits per heavy atom. The Labute approximate surface area is 167 Å². The minimum atomic E-state index is -0.581. The average molecular weight is 397 g/mol. The van der Waals surface area contributed by atoms with Crippen molar-refractivity contribution in [2.24, 2.45) is 0 Å². The van der Waals surface area contributed by atoms with Crippen LogP contribution in [0.1, 0.15) is 28.4 Å². The minimum Gasteiger partial charge on any atom is -0.345 e. The number of anilines is 1. The Morgan fingerprint density at radius 1 is 0.929 bits per heavy atom. The maximum absolute atomic E-state index is 13.9. The van der Waals surface area contributed by atoms with Crippen molar-refractivity contribution in [3.63, 3.8) is 0 Å². The zero-order chi connectivity index (χ0) is 19.9. The van der Waals surface area contributed by atoms with Crippen molar-refractivity contribution in [3.05, 3.63) is 101 Å². The number of hydrogen-bond donors (Lipinski definition) is 2. The van der Waals surface area contributed by atoms with Gasteiger partial charge in [0.05, 0.1) is 18.2 Å². The highest BCUT2D eigenvalue weighted by Crippen LogP contribution is 2.22. The van der Waals surface area contributed by atoms with Gasteiger partial charge in [0.1, 0.15) is 5.82 Å². The number of halogens is 2. The molecule has 2 amide bonds. The van der Waals surface area contributed by atoms with Gasteiger partial charge in [-0.25, -0.2) is 4.39 Å². The van der Waals surface area contributed by atoms with E-state index in [9.17, 15) is 14.0 Å². The third-order valence-electron chi connectivity index (χ3n) is 4.14. The highest BCUT2D eigenvalue weighted by atomic mass is 35.5. The zero-order valence-corrected chi connectivity index (χ0v) is 15.6. The van der Waals surface area contributed by atoms with Gasteiger partial charge in [0.2, 0.25) is 5.91 Å². The Balaban J connectivity index is 1.76. The Kier molecular flexibility index (Phi) is 6.40. The van der Waals surface area contributed by atoms with Gasteiger partial charge in [0.25, 0.3) is 5.91 Å². The van der Waals surface area contributed by atoms with Crippen LogP contribution >= 0.6 is 11.6 Å². The lowest BCUT2D eigenvalue weighted by Crippen LogP contribution is -2.31. The molecule has 4 nitrogen and oxygen atoms in total. The van der Waals surface area contributed by atoms with Crippen LogP contribution in [0.4, 0.5) is 10.1 Å². The molecule has 0 fully saturated rings. The van der Waals surface area contributed by atoms with Gasteiger partial charge in [-0.15, -0.1) is 0 Å². The van der Waals surface area contributed by atoms with E-state index in [1.165, 1.54) is 18.2 Å². The summed E-state index contributed by atoms with van der Waals surface area (Å²) in [4.78, 5) is 25.1. The first-order chi connectivity index (χ1) is 13.5. The molecule has 6 heteroatoms. The molecule has 0 heterocycles. The topological polar surface area (TPSA) is 58.2 Å². The predicted octanol–water partition coefficient (Wildman–Crippen LogP) is 4.98. The third kappa shape index (κ3) is 5.18. The van der Waals surface area contributed by atoms with Crippen LogP contribution in [0.25, 0.3) is 0 Å². The Bertz CT molecular complexity index is 965. The van der Waals surface area contributed by atoms with Gasteiger partial charge >= 0.3 is 0 Å². The number of carbonyl (C=O) groups excluding carboxylic acids is 2. The van der Waals surface area contributed by atoms with E-state index in [4.69, 9.17) is 11.6 Å². The number of amides is 2. The first-order valence-electron chi connectivity index (χ1n) is 8.68. The van der Waals surface area contributed by atoms with Gasteiger partial charge in [-0.05, 0) is 35.9 Å². The molecule has 0 saturated heterocycles. The summed E-state index contributed by atoms with van der Waals surface area (Å²) in [5.41, 5.74) is 1.26. The zero-order valence-electron chi connectivity index (χ0n) is 14.9. The second-order valence-corrected chi connectivity index (χ2v) is 6.62. The molecule has 0 aliphatic rings. The number of rotatable bonds is 6. The first-order valence-corrected chi connectivity index (χ1v) is 9.06. The summed E-state index contributed by atoms with van der Waals surface area (Å²) < 4.78 is 13.9. The van der Waals surface area contributed by atoms with E-state index in [0.29, 0.717) is 10.6 Å². The Hall–Kier alpha value is -3.18. The normalized spacial score (nSPS) is 11.5. The van der Waals surface area contributed by atoms with E-state index in [1.54, 1.807) is 24.3 Å². The molecule has 0 saturated carbocycles. The van der Waals surface area contributed by atoms with Crippen LogP contribution in [0, 0.1) is 5.82 Å². The first kappa shape index (κ1) is 19.6. The number of nitrogens with one attached hydrogen (secondary N) is 2. The van der Waals surface area contributed by atoms with Crippen molar-refractivity contribution in [2.45, 2.75) is 12.5 Å². The molecule has 142 valence electrons. The fourth-order valence-electron chi connectivity index (χ4n) is 2.75. The van der Waals surface area contributed by atoms with E-state index in [0.717, 1.165) is 5.56 Å². The van der Waals surface area contributed by atoms with Crippen LogP contribution in [0.2, 0.25) is 5.02 Å². The second-order valence-electron chi connectivity index (χ2n) is 6.18. The van der Waals surface area contributed by atoms with Crippen molar-refractivity contribution >= 4 is 29.1 Å². The van der Waals surface area contributed by atoms with Gasteiger partial charge in [0, 0.05) is 10.6 Å². The maximum Gasteiger partial charge on any atom is 0.251 e. The largest absolute Gasteiger partial charge is 0.345 e. The van der Waals surface area contributed by atoms with Gasteiger partial charge < -0.3 is 10.6 Å². The summed E-state index contributed by atoms with van der Waals surface area (Å²) >= 11 is 5.86. The summed E-state index contributed by atoms with van der Waals surface area (Å²) in [6, 6.07) is 21.2. The van der Waals surface area contributed by atoms with E-state index >= 15 is 0 Å². The summed E-state index contributed by atoms with van der Waals surface area (Å²) in [5, 5.41) is 5.70. The van der Waals surface area contributed by atoms with Crippen LogP contribution < -0.4 is 10.6 Å². The summed E-state index contributed by atoms with van der Waals surface area (Å²) in [6.45, 7) is 0. The smallest absolute Gasteiger partial charge is 0.251 e. The van der Waals surface area contributed by atoms with Crippen LogP contribution in [-0.2, 0) is 4.79 Å². The minimum absolute atomic E-state index is 0.00121. The van der Waals surface area contributed by atoms with Gasteiger partial charge in [-0.2, -0.15) is 0 Å². The fourth-order valence-corrected chi connectivity index (χ4v) is 2.92. The van der Waals surface area contributed by atoms with E-state index < -0.39 is 17.8 Å². The van der Waals surface area contributed by atoms with E-state index in [-0.39, 0.29) is 18.0 Å². The molecule has 1 atom stereocenters. The molecule has 3 rings (SSSR count). The standard InChI is InChI=1S/C22H18ClFN2O2/c23-17-11-12-18(24)20(13-17)25-21(27)14-19(15-7-3-1-4-8-15)26-22(28)16-9-5-2-6-10-16/h1-13,19H,14H2,(H,25,27)(H,26,28). The molecule has 2 N–H and O–H groups in total. The summed E-state index contributed by atoms with van der Waals surface area (Å²) in [6.07, 6.45) is -0.0610. The van der Waals surface area contributed by atoms with Crippen molar-refractivity contribution in [1.29, 1.82) is 0 Å². The second kappa shape index (κ2) is 9.15. The summed E-state index contributed by atoms with van der Waals surface area (Å²) in [7, 11) is 0. The molecular weight excluding hydrogens is 379 g/mol. The predicted molar refractivity (Wildman–Crippen MR) is 108 cm³/mol. The van der Waals surface area contributed by atoms with Crippen molar-refractivity contribution in [1.82, 2.24) is 5.32 Å². The molecular formula is C22H18ClFN2O2. The number of carbonyl (C=O) groups is 2. The molecule has 0 aliphatic carbocycles. The van der Waals surface area contributed by atoms with E-state index in [1.807, 2.05) is 36.4 Å². The lowest BCUT2D eigenvalue weighted by Gasteiger charge is -2.19. The molecule has 0 aromatic heterocycles. The van der Waals surface area contributed by atoms with Crippen LogP contribution in [0.15, 0.2) is 78.9 Å². The van der Waals surface area contributed by atoms with Crippen LogP contribution in [-0.4, -0.2) is 11.8 Å². The highest BCUT2D eigenvalue weighted by molar-refractivity contribution is 6.30. The highest BCUT2D eigenvalue weighted by Gasteiger charge is 2.20.